The van der Waals surface area contributed by atoms with Gasteiger partial charge in [-0.25, -0.2) is 4.79 Å². The maximum Gasteiger partial charge on any atom is 0.317 e. The monoisotopic (exact) mass is 346 g/mol. The molecule has 5 nitrogen and oxygen atoms in total. The number of urea groups is 1. The summed E-state index contributed by atoms with van der Waals surface area (Å²) in [7, 11) is 0. The predicted molar refractivity (Wildman–Crippen MR) is 86.3 cm³/mol. The molecule has 2 rings (SSSR count). The van der Waals surface area contributed by atoms with Gasteiger partial charge in [0.1, 0.15) is 0 Å². The minimum atomic E-state index is -0.136. The molecule has 0 aromatic heterocycles. The van der Waals surface area contributed by atoms with Crippen LogP contribution in [0.2, 0.25) is 10.0 Å². The average Bonchev–Trinajstić information content (AvgIpc) is 2.52. The molecule has 1 unspecified atom stereocenters. The van der Waals surface area contributed by atoms with Crippen molar-refractivity contribution in [1.29, 1.82) is 0 Å². The number of amides is 2. The van der Waals surface area contributed by atoms with Gasteiger partial charge < -0.3 is 20.1 Å². The van der Waals surface area contributed by atoms with Gasteiger partial charge in [0.15, 0.2) is 0 Å². The Morgan fingerprint density at radius 3 is 3.00 bits per heavy atom. The lowest BCUT2D eigenvalue weighted by Crippen LogP contribution is -2.47. The maximum atomic E-state index is 12.2. The van der Waals surface area contributed by atoms with Crippen molar-refractivity contribution < 1.29 is 14.6 Å². The Labute approximate surface area is 140 Å². The number of aliphatic hydroxyl groups is 1. The van der Waals surface area contributed by atoms with E-state index in [0.29, 0.717) is 36.3 Å². The molecule has 1 heterocycles. The molecule has 0 saturated carbocycles. The Hall–Kier alpha value is -1.01. The standard InChI is InChI=1S/C15H20Cl2N2O3/c16-12-4-3-11(14(17)8-12)9-18-15(21)19-5-1-2-13(10-19)22-7-6-20/h3-4,8,13,20H,1-2,5-7,9-10H2,(H,18,21). The molecule has 1 aromatic carbocycles. The van der Waals surface area contributed by atoms with E-state index in [1.807, 2.05) is 0 Å². The second-order valence-electron chi connectivity index (χ2n) is 5.20. The molecule has 0 radical (unpaired) electrons. The molecular formula is C15H20Cl2N2O3. The fourth-order valence-corrected chi connectivity index (χ4v) is 2.90. The van der Waals surface area contributed by atoms with Gasteiger partial charge in [-0.1, -0.05) is 29.3 Å². The van der Waals surface area contributed by atoms with Gasteiger partial charge in [-0.2, -0.15) is 0 Å². The van der Waals surface area contributed by atoms with Crippen molar-refractivity contribution in [1.82, 2.24) is 10.2 Å². The van der Waals surface area contributed by atoms with Crippen LogP contribution in [0.3, 0.4) is 0 Å². The van der Waals surface area contributed by atoms with E-state index >= 15 is 0 Å². The van der Waals surface area contributed by atoms with Gasteiger partial charge in [0.05, 0.1) is 19.3 Å². The molecule has 7 heteroatoms. The average molecular weight is 347 g/mol. The highest BCUT2D eigenvalue weighted by atomic mass is 35.5. The first-order chi connectivity index (χ1) is 10.6. The number of hydrogen-bond donors (Lipinski definition) is 2. The summed E-state index contributed by atoms with van der Waals surface area (Å²) in [6, 6.07) is 5.07. The molecule has 0 aliphatic carbocycles. The van der Waals surface area contributed by atoms with Crippen LogP contribution in [0.25, 0.3) is 0 Å². The molecule has 1 aromatic rings. The van der Waals surface area contributed by atoms with Crippen LogP contribution in [0.1, 0.15) is 18.4 Å². The van der Waals surface area contributed by atoms with Crippen LogP contribution in [-0.2, 0) is 11.3 Å². The number of nitrogens with one attached hydrogen (secondary N) is 1. The Morgan fingerprint density at radius 2 is 2.27 bits per heavy atom. The van der Waals surface area contributed by atoms with Gasteiger partial charge in [0.2, 0.25) is 0 Å². The third-order valence-electron chi connectivity index (χ3n) is 3.56. The van der Waals surface area contributed by atoms with Crippen LogP contribution in [-0.4, -0.2) is 48.4 Å². The molecule has 1 atom stereocenters. The van der Waals surface area contributed by atoms with Crippen molar-refractivity contribution >= 4 is 29.2 Å². The molecule has 2 N–H and O–H groups in total. The SMILES string of the molecule is O=C(NCc1ccc(Cl)cc1Cl)N1CCCC(OCCO)C1. The Kier molecular flexibility index (Phi) is 6.76. The molecule has 122 valence electrons. The number of carbonyl (C=O) groups excluding carboxylic acids is 1. The Bertz CT molecular complexity index is 514. The third kappa shape index (κ3) is 5.02. The third-order valence-corrected chi connectivity index (χ3v) is 4.14. The lowest BCUT2D eigenvalue weighted by atomic mass is 10.1. The number of aliphatic hydroxyl groups excluding tert-OH is 1. The first-order valence-corrected chi connectivity index (χ1v) is 8.05. The van der Waals surface area contributed by atoms with Gasteiger partial charge in [0, 0.05) is 29.7 Å². The van der Waals surface area contributed by atoms with Crippen LogP contribution in [0, 0.1) is 0 Å². The summed E-state index contributed by atoms with van der Waals surface area (Å²) >= 11 is 11.9. The number of likely N-dealkylation sites (tertiary alicyclic amines) is 1. The fraction of sp³-hybridized carbons (Fsp3) is 0.533. The molecule has 1 aliphatic heterocycles. The van der Waals surface area contributed by atoms with Gasteiger partial charge in [-0.3, -0.25) is 0 Å². The molecule has 0 bridgehead atoms. The molecule has 2 amide bonds. The predicted octanol–water partition coefficient (Wildman–Crippen LogP) is 2.68. The van der Waals surface area contributed by atoms with Crippen molar-refractivity contribution in [2.24, 2.45) is 0 Å². The Morgan fingerprint density at radius 1 is 1.45 bits per heavy atom. The summed E-state index contributed by atoms with van der Waals surface area (Å²) in [6.07, 6.45) is 1.80. The van der Waals surface area contributed by atoms with Crippen molar-refractivity contribution in [3.63, 3.8) is 0 Å². The van der Waals surface area contributed by atoms with E-state index in [4.69, 9.17) is 33.0 Å². The van der Waals surface area contributed by atoms with Gasteiger partial charge in [-0.15, -0.1) is 0 Å². The fourth-order valence-electron chi connectivity index (χ4n) is 2.43. The number of benzene rings is 1. The first-order valence-electron chi connectivity index (χ1n) is 7.29. The van der Waals surface area contributed by atoms with E-state index < -0.39 is 0 Å². The highest BCUT2D eigenvalue weighted by molar-refractivity contribution is 6.35. The highest BCUT2D eigenvalue weighted by Crippen LogP contribution is 2.21. The summed E-state index contributed by atoms with van der Waals surface area (Å²) in [5, 5.41) is 12.8. The zero-order valence-electron chi connectivity index (χ0n) is 12.2. The zero-order valence-corrected chi connectivity index (χ0v) is 13.7. The Balaban J connectivity index is 1.83. The van der Waals surface area contributed by atoms with Crippen molar-refractivity contribution in [3.05, 3.63) is 33.8 Å². The zero-order chi connectivity index (χ0) is 15.9. The highest BCUT2D eigenvalue weighted by Gasteiger charge is 2.23. The van der Waals surface area contributed by atoms with E-state index in [2.05, 4.69) is 5.32 Å². The van der Waals surface area contributed by atoms with E-state index in [1.54, 1.807) is 23.1 Å². The normalized spacial score (nSPS) is 18.3. The molecule has 1 fully saturated rings. The number of hydrogen-bond acceptors (Lipinski definition) is 3. The van der Waals surface area contributed by atoms with E-state index in [9.17, 15) is 4.79 Å². The first kappa shape index (κ1) is 17.3. The van der Waals surface area contributed by atoms with Crippen LogP contribution < -0.4 is 5.32 Å². The minimum Gasteiger partial charge on any atom is -0.394 e. The summed E-state index contributed by atoms with van der Waals surface area (Å²) in [4.78, 5) is 13.9. The van der Waals surface area contributed by atoms with Crippen molar-refractivity contribution in [3.8, 4) is 0 Å². The number of carbonyl (C=O) groups is 1. The summed E-state index contributed by atoms with van der Waals surface area (Å²) in [5.41, 5.74) is 0.824. The number of ether oxygens (including phenoxy) is 1. The van der Waals surface area contributed by atoms with Crippen LogP contribution in [0.4, 0.5) is 4.79 Å². The van der Waals surface area contributed by atoms with Gasteiger partial charge >= 0.3 is 6.03 Å². The van der Waals surface area contributed by atoms with Crippen molar-refractivity contribution in [2.75, 3.05) is 26.3 Å². The minimum absolute atomic E-state index is 0.00222. The topological polar surface area (TPSA) is 61.8 Å². The van der Waals surface area contributed by atoms with E-state index in [1.165, 1.54) is 0 Å². The molecule has 1 saturated heterocycles. The quantitative estimate of drug-likeness (QED) is 0.861. The number of nitrogens with zero attached hydrogens (tertiary/aromatic N) is 1. The van der Waals surface area contributed by atoms with E-state index in [-0.39, 0.29) is 18.7 Å². The smallest absolute Gasteiger partial charge is 0.317 e. The lowest BCUT2D eigenvalue weighted by molar-refractivity contribution is -0.00580. The largest absolute Gasteiger partial charge is 0.394 e. The molecule has 1 aliphatic rings. The molecule has 22 heavy (non-hydrogen) atoms. The van der Waals surface area contributed by atoms with Crippen LogP contribution >= 0.6 is 23.2 Å². The number of halogens is 2. The second-order valence-corrected chi connectivity index (χ2v) is 6.04. The number of piperidine rings is 1. The molecular weight excluding hydrogens is 327 g/mol. The summed E-state index contributed by atoms with van der Waals surface area (Å²) in [5.74, 6) is 0. The summed E-state index contributed by atoms with van der Waals surface area (Å²) < 4.78 is 5.50. The number of rotatable bonds is 5. The van der Waals surface area contributed by atoms with Gasteiger partial charge in [-0.05, 0) is 30.5 Å². The lowest BCUT2D eigenvalue weighted by Gasteiger charge is -2.32. The van der Waals surface area contributed by atoms with Crippen LogP contribution in [0.15, 0.2) is 18.2 Å². The second kappa shape index (κ2) is 8.58. The van der Waals surface area contributed by atoms with Crippen LogP contribution in [0.5, 0.6) is 0 Å². The van der Waals surface area contributed by atoms with E-state index in [0.717, 1.165) is 18.4 Å². The summed E-state index contributed by atoms with van der Waals surface area (Å²) in [6.45, 7) is 1.91. The maximum absolute atomic E-state index is 12.2. The molecule has 0 spiro atoms. The van der Waals surface area contributed by atoms with Gasteiger partial charge in [0.25, 0.3) is 0 Å². The van der Waals surface area contributed by atoms with Crippen molar-refractivity contribution in [2.45, 2.75) is 25.5 Å².